The highest BCUT2D eigenvalue weighted by molar-refractivity contribution is 5.90. The highest BCUT2D eigenvalue weighted by atomic mass is 16.2. The lowest BCUT2D eigenvalue weighted by Gasteiger charge is -2.32. The summed E-state index contributed by atoms with van der Waals surface area (Å²) in [6.07, 6.45) is 0.495. The van der Waals surface area contributed by atoms with Gasteiger partial charge in [-0.15, -0.1) is 0 Å². The zero-order valence-corrected chi connectivity index (χ0v) is 15.0. The Morgan fingerprint density at radius 2 is 1.54 bits per heavy atom. The van der Waals surface area contributed by atoms with Gasteiger partial charge in [-0.3, -0.25) is 4.79 Å². The molecule has 3 nitrogen and oxygen atoms in total. The summed E-state index contributed by atoms with van der Waals surface area (Å²) in [6.45, 7) is 4.80. The Bertz CT molecular complexity index is 878. The molecule has 1 N–H and O–H groups in total. The maximum atomic E-state index is 12.8. The van der Waals surface area contributed by atoms with Crippen molar-refractivity contribution >= 4 is 16.7 Å². The molecule has 3 aromatic rings. The Morgan fingerprint density at radius 3 is 2.35 bits per heavy atom. The van der Waals surface area contributed by atoms with Crippen LogP contribution in [0.1, 0.15) is 11.1 Å². The largest absolute Gasteiger partial charge is 0.331 e. The molecule has 0 aromatic heterocycles. The van der Waals surface area contributed by atoms with E-state index < -0.39 is 0 Å². The summed E-state index contributed by atoms with van der Waals surface area (Å²) in [5.74, 6) is 0.250. The Morgan fingerprint density at radius 1 is 0.846 bits per heavy atom. The summed E-state index contributed by atoms with van der Waals surface area (Å²) < 4.78 is 0. The van der Waals surface area contributed by atoms with Gasteiger partial charge in [0, 0.05) is 5.56 Å². The van der Waals surface area contributed by atoms with Gasteiger partial charge in [-0.2, -0.15) is 0 Å². The van der Waals surface area contributed by atoms with E-state index in [9.17, 15) is 4.79 Å². The summed E-state index contributed by atoms with van der Waals surface area (Å²) >= 11 is 0. The first-order valence-electron chi connectivity index (χ1n) is 9.41. The summed E-state index contributed by atoms with van der Waals surface area (Å²) in [5.41, 5.74) is 2.50. The number of piperazine rings is 1. The van der Waals surface area contributed by atoms with Gasteiger partial charge in [0.1, 0.15) is 6.54 Å². The molecule has 3 heteroatoms. The molecule has 1 fully saturated rings. The third-order valence-corrected chi connectivity index (χ3v) is 5.34. The molecule has 4 rings (SSSR count). The monoisotopic (exact) mass is 345 g/mol. The highest BCUT2D eigenvalue weighted by Crippen LogP contribution is 2.19. The normalized spacial score (nSPS) is 15.3. The van der Waals surface area contributed by atoms with E-state index in [1.807, 2.05) is 23.1 Å². The Kier molecular flexibility index (Phi) is 4.98. The average molecular weight is 345 g/mol. The molecule has 1 aliphatic heterocycles. The van der Waals surface area contributed by atoms with E-state index in [0.717, 1.165) is 38.3 Å². The molecule has 26 heavy (non-hydrogen) atoms. The number of fused-ring (bicyclic) bond motifs is 1. The lowest BCUT2D eigenvalue weighted by atomic mass is 10.0. The second kappa shape index (κ2) is 7.71. The first-order valence-corrected chi connectivity index (χ1v) is 9.41. The minimum absolute atomic E-state index is 0.250. The third-order valence-electron chi connectivity index (χ3n) is 5.34. The van der Waals surface area contributed by atoms with Crippen LogP contribution in [0.3, 0.4) is 0 Å². The van der Waals surface area contributed by atoms with Crippen LogP contribution in [0.4, 0.5) is 0 Å². The van der Waals surface area contributed by atoms with Crippen LogP contribution in [0.5, 0.6) is 0 Å². The van der Waals surface area contributed by atoms with Crippen molar-refractivity contribution in [2.24, 2.45) is 0 Å². The first-order chi connectivity index (χ1) is 12.8. The molecule has 1 saturated heterocycles. The summed E-state index contributed by atoms with van der Waals surface area (Å²) in [7, 11) is 0. The Hall–Kier alpha value is -2.65. The number of amides is 1. The van der Waals surface area contributed by atoms with Gasteiger partial charge in [-0.1, -0.05) is 72.8 Å². The Balaban J connectivity index is 1.36. The van der Waals surface area contributed by atoms with Crippen molar-refractivity contribution in [2.75, 3.05) is 26.2 Å². The Labute approximate surface area is 154 Å². The van der Waals surface area contributed by atoms with Crippen molar-refractivity contribution < 1.29 is 9.69 Å². The zero-order valence-electron chi connectivity index (χ0n) is 15.0. The van der Waals surface area contributed by atoms with Crippen molar-refractivity contribution in [2.45, 2.75) is 13.0 Å². The maximum Gasteiger partial charge on any atom is 0.227 e. The number of hydrogen-bond donors (Lipinski definition) is 1. The molecule has 0 spiro atoms. The SMILES string of the molecule is O=C(Cc1cccc2ccccc12)N1CC[NH+](Cc2ccccc2)CC1. The zero-order chi connectivity index (χ0) is 17.8. The van der Waals surface area contributed by atoms with Gasteiger partial charge in [-0.05, 0) is 16.3 Å². The topological polar surface area (TPSA) is 24.8 Å². The van der Waals surface area contributed by atoms with Crippen molar-refractivity contribution in [1.29, 1.82) is 0 Å². The molecule has 132 valence electrons. The molecule has 0 radical (unpaired) electrons. The molecule has 0 bridgehead atoms. The standard InChI is InChI=1S/C23H24N2O/c26-23(17-21-11-6-10-20-9-4-5-12-22(20)21)25-15-13-24(14-16-25)18-19-7-2-1-3-8-19/h1-12H,13-18H2/p+1. The lowest BCUT2D eigenvalue weighted by Crippen LogP contribution is -3.13. The predicted octanol–water partition coefficient (Wildman–Crippen LogP) is 2.31. The summed E-state index contributed by atoms with van der Waals surface area (Å²) in [5, 5.41) is 2.40. The molecule has 0 aliphatic carbocycles. The van der Waals surface area contributed by atoms with Gasteiger partial charge in [0.05, 0.1) is 32.6 Å². The molecule has 0 unspecified atom stereocenters. The number of nitrogens with zero attached hydrogens (tertiary/aromatic N) is 1. The summed E-state index contributed by atoms with van der Waals surface area (Å²) in [6, 6.07) is 25.2. The predicted molar refractivity (Wildman–Crippen MR) is 105 cm³/mol. The molecule has 1 aliphatic rings. The number of benzene rings is 3. The fourth-order valence-corrected chi connectivity index (χ4v) is 3.86. The van der Waals surface area contributed by atoms with E-state index in [2.05, 4.69) is 54.6 Å². The maximum absolute atomic E-state index is 12.8. The van der Waals surface area contributed by atoms with Crippen molar-refractivity contribution in [3.8, 4) is 0 Å². The van der Waals surface area contributed by atoms with Crippen LogP contribution in [-0.2, 0) is 17.8 Å². The van der Waals surface area contributed by atoms with Gasteiger partial charge >= 0.3 is 0 Å². The molecular weight excluding hydrogens is 320 g/mol. The van der Waals surface area contributed by atoms with Crippen molar-refractivity contribution in [1.82, 2.24) is 4.90 Å². The fraction of sp³-hybridized carbons (Fsp3) is 0.261. The number of carbonyl (C=O) groups is 1. The van der Waals surface area contributed by atoms with Gasteiger partial charge < -0.3 is 9.80 Å². The number of quaternary nitrogens is 1. The molecule has 0 saturated carbocycles. The average Bonchev–Trinajstić information content (AvgIpc) is 2.70. The number of nitrogens with one attached hydrogen (secondary N) is 1. The van der Waals surface area contributed by atoms with Crippen LogP contribution < -0.4 is 4.90 Å². The molecular formula is C23H25N2O+. The van der Waals surface area contributed by atoms with E-state index in [-0.39, 0.29) is 5.91 Å². The van der Waals surface area contributed by atoms with Crippen LogP contribution in [0.15, 0.2) is 72.8 Å². The molecule has 1 amide bonds. The van der Waals surface area contributed by atoms with E-state index in [1.165, 1.54) is 16.3 Å². The number of carbonyl (C=O) groups excluding carboxylic acids is 1. The van der Waals surface area contributed by atoms with E-state index in [1.54, 1.807) is 4.90 Å². The van der Waals surface area contributed by atoms with E-state index >= 15 is 0 Å². The smallest absolute Gasteiger partial charge is 0.227 e. The summed E-state index contributed by atoms with van der Waals surface area (Å²) in [4.78, 5) is 16.4. The van der Waals surface area contributed by atoms with Crippen LogP contribution in [0, 0.1) is 0 Å². The second-order valence-electron chi connectivity index (χ2n) is 7.11. The lowest BCUT2D eigenvalue weighted by molar-refractivity contribution is -0.917. The fourth-order valence-electron chi connectivity index (χ4n) is 3.86. The third kappa shape index (κ3) is 3.78. The van der Waals surface area contributed by atoms with Gasteiger partial charge in [-0.25, -0.2) is 0 Å². The number of hydrogen-bond acceptors (Lipinski definition) is 1. The van der Waals surface area contributed by atoms with E-state index in [0.29, 0.717) is 6.42 Å². The van der Waals surface area contributed by atoms with Gasteiger partial charge in [0.25, 0.3) is 0 Å². The van der Waals surface area contributed by atoms with Crippen LogP contribution in [0.2, 0.25) is 0 Å². The molecule has 0 atom stereocenters. The minimum Gasteiger partial charge on any atom is -0.331 e. The van der Waals surface area contributed by atoms with Crippen molar-refractivity contribution in [3.63, 3.8) is 0 Å². The van der Waals surface area contributed by atoms with Crippen LogP contribution >= 0.6 is 0 Å². The van der Waals surface area contributed by atoms with Crippen LogP contribution in [0.25, 0.3) is 10.8 Å². The van der Waals surface area contributed by atoms with Crippen molar-refractivity contribution in [3.05, 3.63) is 83.9 Å². The quantitative estimate of drug-likeness (QED) is 0.771. The van der Waals surface area contributed by atoms with Gasteiger partial charge in [0.2, 0.25) is 5.91 Å². The first kappa shape index (κ1) is 16.8. The molecule has 1 heterocycles. The van der Waals surface area contributed by atoms with Gasteiger partial charge in [0.15, 0.2) is 0 Å². The second-order valence-corrected chi connectivity index (χ2v) is 7.11. The van der Waals surface area contributed by atoms with E-state index in [4.69, 9.17) is 0 Å². The molecule has 3 aromatic carbocycles. The van der Waals surface area contributed by atoms with Crippen LogP contribution in [-0.4, -0.2) is 37.0 Å². The number of rotatable bonds is 4. The minimum atomic E-state index is 0.250. The highest BCUT2D eigenvalue weighted by Gasteiger charge is 2.24.